The van der Waals surface area contributed by atoms with E-state index in [4.69, 9.17) is 18.9 Å². The molecule has 1 aliphatic heterocycles. The normalized spacial score (nSPS) is 19.8. The number of methoxy groups -OCH3 is 3. The van der Waals surface area contributed by atoms with E-state index in [1.165, 1.54) is 7.11 Å². The van der Waals surface area contributed by atoms with Crippen molar-refractivity contribution in [3.8, 4) is 11.5 Å². The third-order valence-electron chi connectivity index (χ3n) is 4.31. The summed E-state index contributed by atoms with van der Waals surface area (Å²) in [7, 11) is 4.47. The Morgan fingerprint density at radius 3 is 2.23 bits per heavy atom. The lowest BCUT2D eigenvalue weighted by Crippen LogP contribution is -2.36. The number of benzene rings is 1. The second-order valence-corrected chi connectivity index (χ2v) is 7.24. The van der Waals surface area contributed by atoms with Crippen molar-refractivity contribution in [1.29, 1.82) is 0 Å². The highest BCUT2D eigenvalue weighted by Crippen LogP contribution is 2.38. The van der Waals surface area contributed by atoms with Crippen molar-refractivity contribution in [3.63, 3.8) is 0 Å². The van der Waals surface area contributed by atoms with Gasteiger partial charge in [0.1, 0.15) is 5.60 Å². The Morgan fingerprint density at radius 1 is 1.04 bits per heavy atom. The Bertz CT molecular complexity index is 666. The Hall–Kier alpha value is -2.44. The van der Waals surface area contributed by atoms with Gasteiger partial charge in [0.25, 0.3) is 0 Å². The first-order valence-electron chi connectivity index (χ1n) is 8.47. The molecule has 144 valence electrons. The summed E-state index contributed by atoms with van der Waals surface area (Å²) in [5.74, 6) is 0.147. The molecule has 0 unspecified atom stereocenters. The fourth-order valence-electron chi connectivity index (χ4n) is 3.09. The first-order valence-corrected chi connectivity index (χ1v) is 8.47. The van der Waals surface area contributed by atoms with Gasteiger partial charge >= 0.3 is 12.1 Å². The van der Waals surface area contributed by atoms with Crippen molar-refractivity contribution in [1.82, 2.24) is 4.90 Å². The van der Waals surface area contributed by atoms with Crippen LogP contribution >= 0.6 is 0 Å². The highest BCUT2D eigenvalue weighted by molar-refractivity contribution is 5.77. The molecule has 1 aromatic rings. The van der Waals surface area contributed by atoms with Crippen molar-refractivity contribution in [3.05, 3.63) is 23.8 Å². The molecule has 0 bridgehead atoms. The molecular weight excluding hydrogens is 338 g/mol. The van der Waals surface area contributed by atoms with Crippen molar-refractivity contribution in [2.75, 3.05) is 34.4 Å². The number of rotatable bonds is 4. The lowest BCUT2D eigenvalue weighted by molar-refractivity contribution is -0.145. The van der Waals surface area contributed by atoms with Gasteiger partial charge < -0.3 is 23.8 Å². The third kappa shape index (κ3) is 4.39. The zero-order chi connectivity index (χ0) is 19.5. The van der Waals surface area contributed by atoms with E-state index in [0.717, 1.165) is 5.56 Å². The molecule has 2 rings (SSSR count). The minimum atomic E-state index is -0.598. The molecule has 7 heteroatoms. The van der Waals surface area contributed by atoms with Crippen LogP contribution in [0, 0.1) is 5.92 Å². The van der Waals surface area contributed by atoms with Gasteiger partial charge in [-0.1, -0.05) is 6.07 Å². The van der Waals surface area contributed by atoms with Crippen LogP contribution in [0.15, 0.2) is 18.2 Å². The summed E-state index contributed by atoms with van der Waals surface area (Å²) in [5.41, 5.74) is 0.281. The minimum Gasteiger partial charge on any atom is -0.493 e. The molecule has 26 heavy (non-hydrogen) atoms. The number of likely N-dealkylation sites (tertiary alicyclic amines) is 1. The Balaban J connectivity index is 2.30. The van der Waals surface area contributed by atoms with Gasteiger partial charge in [0.05, 0.1) is 27.2 Å². The van der Waals surface area contributed by atoms with E-state index in [9.17, 15) is 9.59 Å². The molecule has 0 radical (unpaired) electrons. The standard InChI is InChI=1S/C19H27NO6/c1-19(2,3)26-18(22)20-10-13(14(11-20)17(21)25-6)12-7-8-15(23-4)16(9-12)24-5/h7-9,13-14H,10-11H2,1-6H3/t13-,14+/m1/s1. The maximum atomic E-state index is 12.4. The lowest BCUT2D eigenvalue weighted by Gasteiger charge is -2.24. The van der Waals surface area contributed by atoms with Gasteiger partial charge in [0.15, 0.2) is 11.5 Å². The summed E-state index contributed by atoms with van der Waals surface area (Å²) in [5, 5.41) is 0. The molecule has 1 amide bonds. The van der Waals surface area contributed by atoms with E-state index < -0.39 is 17.6 Å². The Morgan fingerprint density at radius 2 is 1.69 bits per heavy atom. The van der Waals surface area contributed by atoms with Gasteiger partial charge in [0, 0.05) is 19.0 Å². The van der Waals surface area contributed by atoms with Crippen molar-refractivity contribution < 1.29 is 28.5 Å². The third-order valence-corrected chi connectivity index (χ3v) is 4.31. The number of carbonyl (C=O) groups is 2. The largest absolute Gasteiger partial charge is 0.493 e. The highest BCUT2D eigenvalue weighted by Gasteiger charge is 2.42. The molecule has 1 saturated heterocycles. The summed E-state index contributed by atoms with van der Waals surface area (Å²) in [6.45, 7) is 6.05. The second-order valence-electron chi connectivity index (χ2n) is 7.24. The first kappa shape index (κ1) is 19.9. The van der Waals surface area contributed by atoms with Crippen LogP contribution in [0.1, 0.15) is 32.3 Å². The van der Waals surface area contributed by atoms with E-state index in [1.54, 1.807) is 25.2 Å². The van der Waals surface area contributed by atoms with Gasteiger partial charge in [-0.2, -0.15) is 0 Å². The van der Waals surface area contributed by atoms with Gasteiger partial charge in [0.2, 0.25) is 0 Å². The summed E-state index contributed by atoms with van der Waals surface area (Å²) >= 11 is 0. The molecule has 1 aromatic carbocycles. The van der Waals surface area contributed by atoms with Crippen LogP contribution in [-0.2, 0) is 14.3 Å². The van der Waals surface area contributed by atoms with Gasteiger partial charge in [-0.05, 0) is 38.5 Å². The molecule has 1 heterocycles. The molecule has 0 saturated carbocycles. The lowest BCUT2D eigenvalue weighted by atomic mass is 9.89. The second kappa shape index (κ2) is 7.85. The number of nitrogens with zero attached hydrogens (tertiary/aromatic N) is 1. The monoisotopic (exact) mass is 365 g/mol. The molecule has 1 fully saturated rings. The fraction of sp³-hybridized carbons (Fsp3) is 0.579. The van der Waals surface area contributed by atoms with Crippen LogP contribution < -0.4 is 9.47 Å². The quantitative estimate of drug-likeness (QED) is 0.764. The van der Waals surface area contributed by atoms with E-state index in [1.807, 2.05) is 32.9 Å². The maximum absolute atomic E-state index is 12.4. The minimum absolute atomic E-state index is 0.213. The van der Waals surface area contributed by atoms with E-state index in [2.05, 4.69) is 0 Å². The topological polar surface area (TPSA) is 74.3 Å². The van der Waals surface area contributed by atoms with Crippen LogP contribution in [-0.4, -0.2) is 57.0 Å². The van der Waals surface area contributed by atoms with Crippen LogP contribution in [0.2, 0.25) is 0 Å². The van der Waals surface area contributed by atoms with E-state index in [-0.39, 0.29) is 18.4 Å². The van der Waals surface area contributed by atoms with Gasteiger partial charge in [-0.3, -0.25) is 4.79 Å². The molecule has 0 aliphatic carbocycles. The number of carbonyl (C=O) groups excluding carboxylic acids is 2. The zero-order valence-corrected chi connectivity index (χ0v) is 16.2. The molecule has 0 spiro atoms. The number of amides is 1. The summed E-state index contributed by atoms with van der Waals surface area (Å²) in [4.78, 5) is 26.2. The molecular formula is C19H27NO6. The van der Waals surface area contributed by atoms with Crippen LogP contribution in [0.5, 0.6) is 11.5 Å². The van der Waals surface area contributed by atoms with Gasteiger partial charge in [-0.15, -0.1) is 0 Å². The summed E-state index contributed by atoms with van der Waals surface area (Å²) in [6, 6.07) is 5.50. The number of hydrogen-bond acceptors (Lipinski definition) is 6. The average Bonchev–Trinajstić information content (AvgIpc) is 3.04. The van der Waals surface area contributed by atoms with Crippen molar-refractivity contribution in [2.45, 2.75) is 32.3 Å². The maximum Gasteiger partial charge on any atom is 0.410 e. The predicted octanol–water partition coefficient (Wildman–Crippen LogP) is 2.83. The fourth-order valence-corrected chi connectivity index (χ4v) is 3.09. The van der Waals surface area contributed by atoms with E-state index in [0.29, 0.717) is 18.0 Å². The molecule has 1 aliphatic rings. The molecule has 0 aromatic heterocycles. The van der Waals surface area contributed by atoms with Crippen molar-refractivity contribution in [2.24, 2.45) is 5.92 Å². The Labute approximate surface area is 154 Å². The SMILES string of the molecule is COC(=O)[C@H]1CN(C(=O)OC(C)(C)C)C[C@@H]1c1ccc(OC)c(OC)c1. The van der Waals surface area contributed by atoms with Crippen LogP contribution in [0.25, 0.3) is 0 Å². The smallest absolute Gasteiger partial charge is 0.410 e. The predicted molar refractivity (Wildman–Crippen MR) is 95.6 cm³/mol. The summed E-state index contributed by atoms with van der Waals surface area (Å²) in [6.07, 6.45) is -0.436. The molecule has 7 nitrogen and oxygen atoms in total. The first-order chi connectivity index (χ1) is 12.2. The summed E-state index contributed by atoms with van der Waals surface area (Å²) < 4.78 is 21.0. The van der Waals surface area contributed by atoms with Crippen LogP contribution in [0.4, 0.5) is 4.79 Å². The van der Waals surface area contributed by atoms with Crippen LogP contribution in [0.3, 0.4) is 0 Å². The number of esters is 1. The number of ether oxygens (including phenoxy) is 4. The van der Waals surface area contributed by atoms with E-state index >= 15 is 0 Å². The average molecular weight is 365 g/mol. The Kier molecular flexibility index (Phi) is 6.00. The zero-order valence-electron chi connectivity index (χ0n) is 16.2. The molecule has 0 N–H and O–H groups in total. The van der Waals surface area contributed by atoms with Gasteiger partial charge in [-0.25, -0.2) is 4.79 Å². The number of hydrogen-bond donors (Lipinski definition) is 0. The van der Waals surface area contributed by atoms with Crippen molar-refractivity contribution >= 4 is 12.1 Å². The highest BCUT2D eigenvalue weighted by atomic mass is 16.6. The molecule has 2 atom stereocenters.